The number of hydrogen-bond acceptors (Lipinski definition) is 4. The molecule has 0 radical (unpaired) electrons. The molecule has 0 aliphatic heterocycles. The molecule has 1 rings (SSSR count). The number of aromatic nitrogens is 2. The van der Waals surface area contributed by atoms with Gasteiger partial charge < -0.3 is 10.2 Å². The topological polar surface area (TPSA) is 84.3 Å². The van der Waals surface area contributed by atoms with Crippen LogP contribution >= 0.6 is 0 Å². The third-order valence-electron chi connectivity index (χ3n) is 2.66. The SMILES string of the molecule is CCN(CC)C(=O)Cn1cc(F)c(NC(C)=O)nc1=O. The van der Waals surface area contributed by atoms with Gasteiger partial charge in [0.25, 0.3) is 0 Å². The Labute approximate surface area is 115 Å². The first-order chi connectivity index (χ1) is 9.38. The van der Waals surface area contributed by atoms with Crippen molar-refractivity contribution in [3.05, 3.63) is 22.5 Å². The van der Waals surface area contributed by atoms with Gasteiger partial charge >= 0.3 is 5.69 Å². The number of rotatable bonds is 5. The van der Waals surface area contributed by atoms with E-state index in [4.69, 9.17) is 0 Å². The Bertz CT molecular complexity index is 566. The van der Waals surface area contributed by atoms with E-state index in [9.17, 15) is 18.8 Å². The van der Waals surface area contributed by atoms with Crippen LogP contribution in [0.5, 0.6) is 0 Å². The molecule has 0 unspecified atom stereocenters. The minimum Gasteiger partial charge on any atom is -0.342 e. The zero-order valence-electron chi connectivity index (χ0n) is 11.6. The lowest BCUT2D eigenvalue weighted by atomic mass is 10.4. The number of nitrogens with zero attached hydrogens (tertiary/aromatic N) is 3. The third-order valence-corrected chi connectivity index (χ3v) is 2.66. The highest BCUT2D eigenvalue weighted by Crippen LogP contribution is 2.06. The van der Waals surface area contributed by atoms with E-state index in [1.807, 2.05) is 13.8 Å². The Hall–Kier alpha value is -2.25. The first-order valence-corrected chi connectivity index (χ1v) is 6.21. The van der Waals surface area contributed by atoms with Crippen LogP contribution in [0.15, 0.2) is 11.0 Å². The van der Waals surface area contributed by atoms with Crippen molar-refractivity contribution in [3.63, 3.8) is 0 Å². The van der Waals surface area contributed by atoms with Crippen molar-refractivity contribution < 1.29 is 14.0 Å². The van der Waals surface area contributed by atoms with E-state index in [0.29, 0.717) is 13.1 Å². The molecule has 1 aromatic rings. The molecular formula is C12H17FN4O3. The molecule has 0 aliphatic carbocycles. The standard InChI is InChI=1S/C12H17FN4O3/c1-4-16(5-2)10(19)7-17-6-9(13)11(14-8(3)18)15-12(17)20/h6H,4-5,7H2,1-3H3,(H,14,15,18,20). The number of anilines is 1. The Morgan fingerprint density at radius 2 is 2.00 bits per heavy atom. The van der Waals surface area contributed by atoms with Crippen molar-refractivity contribution in [3.8, 4) is 0 Å². The van der Waals surface area contributed by atoms with Gasteiger partial charge in [0.15, 0.2) is 11.6 Å². The maximum Gasteiger partial charge on any atom is 0.350 e. The Morgan fingerprint density at radius 3 is 2.50 bits per heavy atom. The molecule has 110 valence electrons. The second-order valence-corrected chi connectivity index (χ2v) is 4.10. The van der Waals surface area contributed by atoms with Crippen LogP contribution in [-0.4, -0.2) is 39.4 Å². The molecule has 0 saturated heterocycles. The monoisotopic (exact) mass is 284 g/mol. The molecule has 7 nitrogen and oxygen atoms in total. The highest BCUT2D eigenvalue weighted by Gasteiger charge is 2.14. The smallest absolute Gasteiger partial charge is 0.342 e. The second-order valence-electron chi connectivity index (χ2n) is 4.10. The summed E-state index contributed by atoms with van der Waals surface area (Å²) in [5.41, 5.74) is -0.796. The van der Waals surface area contributed by atoms with E-state index >= 15 is 0 Å². The largest absolute Gasteiger partial charge is 0.350 e. The highest BCUT2D eigenvalue weighted by molar-refractivity contribution is 5.87. The van der Waals surface area contributed by atoms with Crippen LogP contribution in [0, 0.1) is 5.82 Å². The average molecular weight is 284 g/mol. The molecule has 1 heterocycles. The molecule has 20 heavy (non-hydrogen) atoms. The summed E-state index contributed by atoms with van der Waals surface area (Å²) >= 11 is 0. The van der Waals surface area contributed by atoms with Crippen molar-refractivity contribution in [2.24, 2.45) is 0 Å². The van der Waals surface area contributed by atoms with Crippen LogP contribution in [0.2, 0.25) is 0 Å². The van der Waals surface area contributed by atoms with Gasteiger partial charge in [-0.3, -0.25) is 14.2 Å². The van der Waals surface area contributed by atoms with Crippen molar-refractivity contribution in [2.75, 3.05) is 18.4 Å². The average Bonchev–Trinajstić information content (AvgIpc) is 2.36. The summed E-state index contributed by atoms with van der Waals surface area (Å²) in [7, 11) is 0. The van der Waals surface area contributed by atoms with Crippen LogP contribution in [0.3, 0.4) is 0 Å². The molecule has 1 aromatic heterocycles. The fourth-order valence-corrected chi connectivity index (χ4v) is 1.66. The number of likely N-dealkylation sites (N-methyl/N-ethyl adjacent to an activating group) is 1. The third kappa shape index (κ3) is 3.87. The first-order valence-electron chi connectivity index (χ1n) is 6.21. The van der Waals surface area contributed by atoms with Crippen LogP contribution in [0.1, 0.15) is 20.8 Å². The van der Waals surface area contributed by atoms with Gasteiger partial charge in [-0.05, 0) is 13.8 Å². The summed E-state index contributed by atoms with van der Waals surface area (Å²) in [6.07, 6.45) is 0.863. The fraction of sp³-hybridized carbons (Fsp3) is 0.500. The van der Waals surface area contributed by atoms with Gasteiger partial charge in [0, 0.05) is 26.2 Å². The Kier molecular flexibility index (Phi) is 5.36. The molecule has 1 N–H and O–H groups in total. The predicted octanol–water partition coefficient (Wildman–Crippen LogP) is 0.209. The molecule has 0 atom stereocenters. The van der Waals surface area contributed by atoms with Gasteiger partial charge in [0.05, 0.1) is 0 Å². The summed E-state index contributed by atoms with van der Waals surface area (Å²) in [4.78, 5) is 39.3. The van der Waals surface area contributed by atoms with Crippen LogP contribution < -0.4 is 11.0 Å². The number of nitrogens with one attached hydrogen (secondary N) is 1. The molecular weight excluding hydrogens is 267 g/mol. The Morgan fingerprint density at radius 1 is 1.40 bits per heavy atom. The van der Waals surface area contributed by atoms with Crippen LogP contribution in [0.4, 0.5) is 10.2 Å². The number of carbonyl (C=O) groups excluding carboxylic acids is 2. The van der Waals surface area contributed by atoms with E-state index in [0.717, 1.165) is 10.8 Å². The quantitative estimate of drug-likeness (QED) is 0.837. The number of halogens is 1. The minimum absolute atomic E-state index is 0.287. The molecule has 0 aromatic carbocycles. The van der Waals surface area contributed by atoms with Gasteiger partial charge in [-0.1, -0.05) is 0 Å². The van der Waals surface area contributed by atoms with Gasteiger partial charge in [0.2, 0.25) is 11.8 Å². The number of amides is 2. The zero-order valence-corrected chi connectivity index (χ0v) is 11.6. The lowest BCUT2D eigenvalue weighted by Crippen LogP contribution is -2.37. The number of carbonyl (C=O) groups is 2. The van der Waals surface area contributed by atoms with E-state index in [-0.39, 0.29) is 12.5 Å². The fourth-order valence-electron chi connectivity index (χ4n) is 1.66. The first kappa shape index (κ1) is 15.8. The van der Waals surface area contributed by atoms with Crippen LogP contribution in [0.25, 0.3) is 0 Å². The summed E-state index contributed by atoms with van der Waals surface area (Å²) in [6.45, 7) is 5.51. The van der Waals surface area contributed by atoms with Gasteiger partial charge in [0.1, 0.15) is 6.54 Å². The molecule has 2 amide bonds. The molecule has 0 fully saturated rings. The second kappa shape index (κ2) is 6.78. The predicted molar refractivity (Wildman–Crippen MR) is 70.7 cm³/mol. The van der Waals surface area contributed by atoms with Gasteiger partial charge in [-0.15, -0.1) is 0 Å². The minimum atomic E-state index is -0.868. The lowest BCUT2D eigenvalue weighted by molar-refractivity contribution is -0.131. The van der Waals surface area contributed by atoms with Crippen molar-refractivity contribution in [1.29, 1.82) is 0 Å². The maximum absolute atomic E-state index is 13.6. The van der Waals surface area contributed by atoms with Crippen LogP contribution in [-0.2, 0) is 16.1 Å². The molecule has 0 aliphatic rings. The Balaban J connectivity index is 2.98. The van der Waals surface area contributed by atoms with E-state index < -0.39 is 23.2 Å². The number of hydrogen-bond donors (Lipinski definition) is 1. The van der Waals surface area contributed by atoms with E-state index in [2.05, 4.69) is 10.3 Å². The summed E-state index contributed by atoms with van der Waals surface area (Å²) in [6, 6.07) is 0. The summed E-state index contributed by atoms with van der Waals surface area (Å²) in [5.74, 6) is -2.14. The van der Waals surface area contributed by atoms with Crippen molar-refractivity contribution in [2.45, 2.75) is 27.3 Å². The molecule has 0 saturated carbocycles. The normalized spacial score (nSPS) is 10.2. The van der Waals surface area contributed by atoms with Gasteiger partial charge in [-0.25, -0.2) is 9.18 Å². The van der Waals surface area contributed by atoms with E-state index in [1.54, 1.807) is 0 Å². The maximum atomic E-state index is 13.6. The van der Waals surface area contributed by atoms with Gasteiger partial charge in [-0.2, -0.15) is 4.98 Å². The summed E-state index contributed by atoms with van der Waals surface area (Å²) < 4.78 is 14.5. The molecule has 0 spiro atoms. The molecule has 0 bridgehead atoms. The van der Waals surface area contributed by atoms with Crippen molar-refractivity contribution in [1.82, 2.24) is 14.5 Å². The molecule has 8 heteroatoms. The zero-order chi connectivity index (χ0) is 15.3. The highest BCUT2D eigenvalue weighted by atomic mass is 19.1. The van der Waals surface area contributed by atoms with Crippen molar-refractivity contribution >= 4 is 17.6 Å². The summed E-state index contributed by atoms with van der Waals surface area (Å²) in [5, 5.41) is 2.11. The van der Waals surface area contributed by atoms with E-state index in [1.165, 1.54) is 11.8 Å². The lowest BCUT2D eigenvalue weighted by Gasteiger charge is -2.19.